The molecule has 2 aromatic heterocycles. The van der Waals surface area contributed by atoms with E-state index in [2.05, 4.69) is 27.1 Å². The van der Waals surface area contributed by atoms with Crippen LogP contribution in [0.4, 0.5) is 0 Å². The average molecular weight is 533 g/mol. The van der Waals surface area contributed by atoms with E-state index in [0.29, 0.717) is 51.8 Å². The number of ether oxygens (including phenoxy) is 4. The molecule has 0 atom stereocenters. The van der Waals surface area contributed by atoms with Crippen molar-refractivity contribution in [2.75, 3.05) is 41.5 Å². The molecule has 10 heteroatoms. The van der Waals surface area contributed by atoms with Crippen LogP contribution in [-0.2, 0) is 16.1 Å². The third-order valence-electron chi connectivity index (χ3n) is 7.04. The van der Waals surface area contributed by atoms with Gasteiger partial charge in [0.1, 0.15) is 0 Å². The first kappa shape index (κ1) is 26.2. The van der Waals surface area contributed by atoms with Crippen molar-refractivity contribution in [3.8, 4) is 23.0 Å². The summed E-state index contributed by atoms with van der Waals surface area (Å²) in [5.41, 5.74) is 3.46. The van der Waals surface area contributed by atoms with Gasteiger partial charge in [0, 0.05) is 58.5 Å². The topological polar surface area (TPSA) is 116 Å². The second-order valence-corrected chi connectivity index (χ2v) is 9.16. The molecule has 1 aliphatic heterocycles. The number of aromatic amines is 1. The van der Waals surface area contributed by atoms with Gasteiger partial charge in [-0.3, -0.25) is 14.9 Å². The molecule has 0 fully saturated rings. The summed E-state index contributed by atoms with van der Waals surface area (Å²) in [5.74, 6) is 1.28. The van der Waals surface area contributed by atoms with Gasteiger partial charge in [-0.2, -0.15) is 0 Å². The quantitative estimate of drug-likeness (QED) is 0.199. The highest BCUT2D eigenvalue weighted by atomic mass is 16.5. The zero-order valence-corrected chi connectivity index (χ0v) is 22.7. The maximum absolute atomic E-state index is 13.4. The minimum absolute atomic E-state index is 0.292. The molecule has 0 bridgehead atoms. The summed E-state index contributed by atoms with van der Waals surface area (Å²) in [6.07, 6.45) is 4.55. The Hall–Kier alpha value is -4.44. The number of aromatic nitrogens is 2. The lowest BCUT2D eigenvalue weighted by molar-refractivity contribution is -0.122. The van der Waals surface area contributed by atoms with E-state index in [1.165, 1.54) is 0 Å². The lowest BCUT2D eigenvalue weighted by Gasteiger charge is -2.10. The van der Waals surface area contributed by atoms with Crippen molar-refractivity contribution >= 4 is 44.8 Å². The maximum Gasteiger partial charge on any atom is 0.259 e. The molecule has 0 unspecified atom stereocenters. The molecule has 4 aromatic rings. The summed E-state index contributed by atoms with van der Waals surface area (Å²) in [7, 11) is 6.28. The number of fused-ring (bicyclic) bond motifs is 2. The minimum Gasteiger partial charge on any atom is -0.493 e. The van der Waals surface area contributed by atoms with Gasteiger partial charge in [-0.25, -0.2) is 0 Å². The van der Waals surface area contributed by atoms with Crippen molar-refractivity contribution in [2.45, 2.75) is 19.9 Å². The van der Waals surface area contributed by atoms with Crippen LogP contribution in [-0.4, -0.2) is 62.9 Å². The average Bonchev–Trinajstić information content (AvgIpc) is 3.60. The minimum atomic E-state index is -0.459. The Morgan fingerprint density at radius 1 is 0.795 bits per heavy atom. The summed E-state index contributed by atoms with van der Waals surface area (Å²) < 4.78 is 24.2. The molecule has 39 heavy (non-hydrogen) atoms. The predicted octanol–water partition coefficient (Wildman–Crippen LogP) is 3.72. The van der Waals surface area contributed by atoms with E-state index in [4.69, 9.17) is 18.9 Å². The normalized spacial score (nSPS) is 13.5. The van der Waals surface area contributed by atoms with Gasteiger partial charge in [-0.1, -0.05) is 6.92 Å². The van der Waals surface area contributed by atoms with Gasteiger partial charge < -0.3 is 33.8 Å². The number of methoxy groups -OCH3 is 4. The number of hydrogen-bond donors (Lipinski definition) is 3. The lowest BCUT2D eigenvalue weighted by atomic mass is 9.95. The van der Waals surface area contributed by atoms with Crippen molar-refractivity contribution in [3.63, 3.8) is 0 Å². The first-order chi connectivity index (χ1) is 18.9. The zero-order valence-electron chi connectivity index (χ0n) is 22.7. The van der Waals surface area contributed by atoms with Crippen molar-refractivity contribution in [2.24, 2.45) is 0 Å². The molecule has 0 saturated carbocycles. The van der Waals surface area contributed by atoms with Crippen molar-refractivity contribution in [1.29, 1.82) is 0 Å². The molecule has 3 heterocycles. The van der Waals surface area contributed by atoms with Crippen molar-refractivity contribution in [3.05, 3.63) is 47.8 Å². The molecular formula is C29H32N4O6. The summed E-state index contributed by atoms with van der Waals surface area (Å²) in [5, 5.41) is 7.37. The fourth-order valence-corrected chi connectivity index (χ4v) is 5.18. The highest BCUT2D eigenvalue weighted by Gasteiger charge is 2.35. The standard InChI is InChI=1S/C29H32N4O6/c1-6-30-8-7-9-33-15-19(17-11-23(37-3)25(39-5)13-21(17)33)27-26(28(34)32-29(27)35)18-14-31-20-12-24(38-4)22(36-2)10-16(18)20/h10-15,30-31H,6-9H2,1-5H3,(H,32,34,35). The number of hydrogen-bond acceptors (Lipinski definition) is 7. The Kier molecular flexibility index (Phi) is 7.21. The predicted molar refractivity (Wildman–Crippen MR) is 150 cm³/mol. The third kappa shape index (κ3) is 4.46. The number of benzene rings is 2. The zero-order chi connectivity index (χ0) is 27.7. The molecule has 0 saturated heterocycles. The molecule has 3 N–H and O–H groups in total. The SMILES string of the molecule is CCNCCCn1cc(C2=C(c3c[nH]c4cc(OC)c(OC)cc34)C(=O)NC2=O)c2cc(OC)c(OC)cc21. The van der Waals surface area contributed by atoms with E-state index in [0.717, 1.165) is 41.3 Å². The van der Waals surface area contributed by atoms with Crippen LogP contribution in [0.5, 0.6) is 23.0 Å². The van der Waals surface area contributed by atoms with Crippen molar-refractivity contribution < 1.29 is 28.5 Å². The molecule has 0 spiro atoms. The maximum atomic E-state index is 13.4. The van der Waals surface area contributed by atoms with Crippen LogP contribution in [0.15, 0.2) is 36.7 Å². The highest BCUT2D eigenvalue weighted by molar-refractivity contribution is 6.50. The van der Waals surface area contributed by atoms with Crippen LogP contribution in [0.1, 0.15) is 24.5 Å². The summed E-state index contributed by atoms with van der Waals surface area (Å²) in [4.78, 5) is 29.8. The molecule has 5 rings (SSSR count). The van der Waals surface area contributed by atoms with Crippen LogP contribution in [0.2, 0.25) is 0 Å². The van der Waals surface area contributed by atoms with Gasteiger partial charge >= 0.3 is 0 Å². The van der Waals surface area contributed by atoms with E-state index >= 15 is 0 Å². The van der Waals surface area contributed by atoms with E-state index in [-0.39, 0.29) is 0 Å². The fraction of sp³-hybridized carbons (Fsp3) is 0.310. The van der Waals surface area contributed by atoms with Crippen LogP contribution < -0.4 is 29.6 Å². The molecule has 204 valence electrons. The van der Waals surface area contributed by atoms with Crippen LogP contribution in [0.25, 0.3) is 33.0 Å². The largest absolute Gasteiger partial charge is 0.493 e. The number of carbonyl (C=O) groups excluding carboxylic acids is 2. The summed E-state index contributed by atoms with van der Waals surface area (Å²) in [6, 6.07) is 7.37. The van der Waals surface area contributed by atoms with Crippen LogP contribution >= 0.6 is 0 Å². The van der Waals surface area contributed by atoms with Crippen LogP contribution in [0.3, 0.4) is 0 Å². The number of nitrogens with one attached hydrogen (secondary N) is 3. The number of rotatable bonds is 11. The summed E-state index contributed by atoms with van der Waals surface area (Å²) >= 11 is 0. The van der Waals surface area contributed by atoms with Gasteiger partial charge in [-0.05, 0) is 31.6 Å². The Morgan fingerprint density at radius 2 is 1.38 bits per heavy atom. The fourth-order valence-electron chi connectivity index (χ4n) is 5.18. The molecule has 2 amide bonds. The molecule has 0 radical (unpaired) electrons. The molecular weight excluding hydrogens is 500 g/mol. The number of nitrogens with zero attached hydrogens (tertiary/aromatic N) is 1. The monoisotopic (exact) mass is 532 g/mol. The van der Waals surface area contributed by atoms with E-state index in [9.17, 15) is 9.59 Å². The second-order valence-electron chi connectivity index (χ2n) is 9.16. The molecule has 1 aliphatic rings. The first-order valence-electron chi connectivity index (χ1n) is 12.7. The van der Waals surface area contributed by atoms with E-state index in [1.54, 1.807) is 46.8 Å². The Bertz CT molecular complexity index is 1610. The van der Waals surface area contributed by atoms with Gasteiger partial charge in [0.2, 0.25) is 0 Å². The Morgan fingerprint density at radius 3 is 2.03 bits per heavy atom. The Labute approximate surface area is 225 Å². The molecule has 10 nitrogen and oxygen atoms in total. The number of carbonyl (C=O) groups is 2. The van der Waals surface area contributed by atoms with Gasteiger partial charge in [0.25, 0.3) is 11.8 Å². The van der Waals surface area contributed by atoms with Gasteiger partial charge in [-0.15, -0.1) is 0 Å². The van der Waals surface area contributed by atoms with E-state index < -0.39 is 11.8 Å². The third-order valence-corrected chi connectivity index (χ3v) is 7.04. The molecule has 2 aromatic carbocycles. The van der Waals surface area contributed by atoms with E-state index in [1.807, 2.05) is 18.3 Å². The number of aryl methyl sites for hydroxylation is 1. The first-order valence-corrected chi connectivity index (χ1v) is 12.7. The summed E-state index contributed by atoms with van der Waals surface area (Å²) in [6.45, 7) is 4.52. The van der Waals surface area contributed by atoms with Gasteiger partial charge in [0.05, 0.1) is 45.1 Å². The second kappa shape index (κ2) is 10.7. The number of amides is 2. The van der Waals surface area contributed by atoms with Crippen LogP contribution in [0, 0.1) is 0 Å². The molecule has 0 aliphatic carbocycles. The van der Waals surface area contributed by atoms with Gasteiger partial charge in [0.15, 0.2) is 23.0 Å². The van der Waals surface area contributed by atoms with Crippen molar-refractivity contribution in [1.82, 2.24) is 20.2 Å². The number of H-pyrrole nitrogens is 1. The smallest absolute Gasteiger partial charge is 0.259 e. The Balaban J connectivity index is 1.75. The highest BCUT2D eigenvalue weighted by Crippen LogP contribution is 2.43. The lowest BCUT2D eigenvalue weighted by Crippen LogP contribution is -2.22. The number of imide groups is 1.